The average molecular weight is 360 g/mol. The zero-order valence-corrected chi connectivity index (χ0v) is 14.4. The van der Waals surface area contributed by atoms with Crippen LogP contribution in [0, 0.1) is 5.82 Å². The predicted molar refractivity (Wildman–Crippen MR) is 101 cm³/mol. The van der Waals surface area contributed by atoms with E-state index in [-0.39, 0.29) is 5.82 Å². The fourth-order valence-corrected chi connectivity index (χ4v) is 2.91. The molecule has 3 rings (SSSR count). The Hall–Kier alpha value is -2.53. The summed E-state index contributed by atoms with van der Waals surface area (Å²) in [5.74, 6) is -0.341. The lowest BCUT2D eigenvalue weighted by atomic mass is 10.2. The average Bonchev–Trinajstić information content (AvgIpc) is 2.86. The maximum atomic E-state index is 14.4. The summed E-state index contributed by atoms with van der Waals surface area (Å²) in [6.45, 7) is 1.43. The van der Waals surface area contributed by atoms with Crippen molar-refractivity contribution >= 4 is 34.7 Å². The first-order valence-corrected chi connectivity index (χ1v) is 8.53. The highest BCUT2D eigenvalue weighted by Crippen LogP contribution is 2.30. The Kier molecular flexibility index (Phi) is 5.56. The van der Waals surface area contributed by atoms with Crippen LogP contribution < -0.4 is 15.5 Å². The minimum absolute atomic E-state index is 0.341. The molecule has 1 aliphatic rings. The number of nitrogens with one attached hydrogen (secondary N) is 2. The Bertz CT molecular complexity index is 767. The van der Waals surface area contributed by atoms with E-state index in [2.05, 4.69) is 22.8 Å². The lowest BCUT2D eigenvalue weighted by Gasteiger charge is -2.26. The Balaban J connectivity index is 1.76. The minimum Gasteiger partial charge on any atom is -0.367 e. The number of nitrogens with zero attached hydrogens (tertiary/aromatic N) is 1. The predicted octanol–water partition coefficient (Wildman–Crippen LogP) is 5.28. The highest BCUT2D eigenvalue weighted by molar-refractivity contribution is 6.30. The molecule has 1 heterocycles. The van der Waals surface area contributed by atoms with Gasteiger partial charge in [-0.05, 0) is 49.2 Å². The van der Waals surface area contributed by atoms with Crippen LogP contribution in [-0.4, -0.2) is 19.1 Å². The van der Waals surface area contributed by atoms with Gasteiger partial charge in [0.15, 0.2) is 0 Å². The van der Waals surface area contributed by atoms with E-state index in [1.165, 1.54) is 6.07 Å². The number of hydrogen-bond donors (Lipinski definition) is 2. The number of carbonyl (C=O) groups is 1. The number of para-hydroxylation sites is 1. The molecular formula is C19H19ClFN3O. The maximum absolute atomic E-state index is 14.4. The van der Waals surface area contributed by atoms with Gasteiger partial charge in [-0.3, -0.25) is 0 Å². The van der Waals surface area contributed by atoms with Crippen molar-refractivity contribution in [1.82, 2.24) is 0 Å². The molecule has 2 aromatic rings. The summed E-state index contributed by atoms with van der Waals surface area (Å²) in [6.07, 6.45) is 5.90. The number of hydrogen-bond acceptors (Lipinski definition) is 2. The molecule has 0 aliphatic carbocycles. The lowest BCUT2D eigenvalue weighted by Crippen LogP contribution is -2.28. The second kappa shape index (κ2) is 8.03. The quantitative estimate of drug-likeness (QED) is 0.732. The number of urea groups is 1. The molecule has 6 heteroatoms. The summed E-state index contributed by atoms with van der Waals surface area (Å²) in [5.41, 5.74) is 1.49. The number of carbonyl (C=O) groups excluding carboxylic acids is 1. The first-order chi connectivity index (χ1) is 12.1. The zero-order chi connectivity index (χ0) is 17.6. The summed E-state index contributed by atoms with van der Waals surface area (Å²) in [5, 5.41) is 6.06. The van der Waals surface area contributed by atoms with Gasteiger partial charge in [-0.25, -0.2) is 9.18 Å². The summed E-state index contributed by atoms with van der Waals surface area (Å²) in [7, 11) is 0. The van der Waals surface area contributed by atoms with E-state index in [0.29, 0.717) is 35.2 Å². The molecule has 2 aromatic carbocycles. The van der Waals surface area contributed by atoms with E-state index in [9.17, 15) is 9.18 Å². The summed E-state index contributed by atoms with van der Waals surface area (Å²) >= 11 is 5.83. The van der Waals surface area contributed by atoms with E-state index < -0.39 is 6.03 Å². The van der Waals surface area contributed by atoms with Crippen molar-refractivity contribution in [2.24, 2.45) is 0 Å². The monoisotopic (exact) mass is 359 g/mol. The fourth-order valence-electron chi connectivity index (χ4n) is 2.79. The molecule has 0 aromatic heterocycles. The van der Waals surface area contributed by atoms with Crippen LogP contribution in [-0.2, 0) is 0 Å². The fraction of sp³-hybridized carbons (Fsp3) is 0.211. The second-order valence-corrected chi connectivity index (χ2v) is 6.19. The molecule has 0 fully saturated rings. The van der Waals surface area contributed by atoms with Crippen LogP contribution in [0.5, 0.6) is 0 Å². The third kappa shape index (κ3) is 4.51. The minimum atomic E-state index is -0.429. The molecule has 0 spiro atoms. The summed E-state index contributed by atoms with van der Waals surface area (Å²) < 4.78 is 14.4. The largest absolute Gasteiger partial charge is 0.367 e. The number of amides is 2. The van der Waals surface area contributed by atoms with Gasteiger partial charge < -0.3 is 15.5 Å². The van der Waals surface area contributed by atoms with Gasteiger partial charge in [0, 0.05) is 23.8 Å². The Morgan fingerprint density at radius 2 is 1.68 bits per heavy atom. The van der Waals surface area contributed by atoms with Crippen molar-refractivity contribution in [3.05, 3.63) is 65.5 Å². The van der Waals surface area contributed by atoms with Gasteiger partial charge in [0.1, 0.15) is 5.82 Å². The standard InChI is InChI=1S/C19H19ClFN3O/c20-14-8-10-15(11-9-14)22-19(25)23-17-7-5-6-16(21)18(17)24-12-3-1-2-4-13-24/h1-2,5-11H,3-4,12-13H2,(H2,22,23,25). The molecule has 2 N–H and O–H groups in total. The van der Waals surface area contributed by atoms with E-state index in [4.69, 9.17) is 11.6 Å². The van der Waals surface area contributed by atoms with Crippen molar-refractivity contribution in [1.29, 1.82) is 0 Å². The van der Waals surface area contributed by atoms with Crippen LogP contribution in [0.4, 0.5) is 26.2 Å². The highest BCUT2D eigenvalue weighted by Gasteiger charge is 2.18. The van der Waals surface area contributed by atoms with Gasteiger partial charge in [0.25, 0.3) is 0 Å². The van der Waals surface area contributed by atoms with Crippen LogP contribution in [0.3, 0.4) is 0 Å². The maximum Gasteiger partial charge on any atom is 0.323 e. The van der Waals surface area contributed by atoms with Gasteiger partial charge in [-0.15, -0.1) is 0 Å². The van der Waals surface area contributed by atoms with Crippen molar-refractivity contribution in [3.8, 4) is 0 Å². The third-order valence-electron chi connectivity index (χ3n) is 3.95. The molecule has 0 atom stereocenters. The first-order valence-electron chi connectivity index (χ1n) is 8.15. The van der Waals surface area contributed by atoms with Crippen LogP contribution in [0.25, 0.3) is 0 Å². The zero-order valence-electron chi connectivity index (χ0n) is 13.6. The Morgan fingerprint density at radius 3 is 2.36 bits per heavy atom. The van der Waals surface area contributed by atoms with Gasteiger partial charge in [0.2, 0.25) is 0 Å². The molecule has 0 saturated carbocycles. The number of rotatable bonds is 3. The third-order valence-corrected chi connectivity index (χ3v) is 4.20. The van der Waals surface area contributed by atoms with Crippen molar-refractivity contribution in [2.75, 3.05) is 28.6 Å². The van der Waals surface area contributed by atoms with Gasteiger partial charge in [-0.1, -0.05) is 29.8 Å². The highest BCUT2D eigenvalue weighted by atomic mass is 35.5. The summed E-state index contributed by atoms with van der Waals surface area (Å²) in [6, 6.07) is 11.1. The molecule has 0 unspecified atom stereocenters. The van der Waals surface area contributed by atoms with Gasteiger partial charge in [0.05, 0.1) is 11.4 Å². The van der Waals surface area contributed by atoms with Crippen LogP contribution >= 0.6 is 11.6 Å². The van der Waals surface area contributed by atoms with E-state index >= 15 is 0 Å². The smallest absolute Gasteiger partial charge is 0.323 e. The van der Waals surface area contributed by atoms with Crippen LogP contribution in [0.1, 0.15) is 12.8 Å². The van der Waals surface area contributed by atoms with Gasteiger partial charge >= 0.3 is 6.03 Å². The number of benzene rings is 2. The van der Waals surface area contributed by atoms with Crippen LogP contribution in [0.15, 0.2) is 54.6 Å². The summed E-state index contributed by atoms with van der Waals surface area (Å²) in [4.78, 5) is 14.2. The molecule has 130 valence electrons. The van der Waals surface area contributed by atoms with Crippen molar-refractivity contribution < 1.29 is 9.18 Å². The number of halogens is 2. The van der Waals surface area contributed by atoms with Crippen molar-refractivity contribution in [2.45, 2.75) is 12.8 Å². The van der Waals surface area contributed by atoms with Crippen LogP contribution in [0.2, 0.25) is 5.02 Å². The molecule has 1 aliphatic heterocycles. The normalized spacial score (nSPS) is 14.1. The van der Waals surface area contributed by atoms with E-state index in [1.54, 1.807) is 36.4 Å². The van der Waals surface area contributed by atoms with Gasteiger partial charge in [-0.2, -0.15) is 0 Å². The SMILES string of the molecule is O=C(Nc1ccc(Cl)cc1)Nc1cccc(F)c1N1CCC=CCC1. The molecular weight excluding hydrogens is 341 g/mol. The molecule has 0 bridgehead atoms. The second-order valence-electron chi connectivity index (χ2n) is 5.76. The lowest BCUT2D eigenvalue weighted by molar-refractivity contribution is 0.262. The Morgan fingerprint density at radius 1 is 1.00 bits per heavy atom. The van der Waals surface area contributed by atoms with Crippen molar-refractivity contribution in [3.63, 3.8) is 0 Å². The topological polar surface area (TPSA) is 44.4 Å². The molecule has 0 saturated heterocycles. The first kappa shape index (κ1) is 17.3. The number of anilines is 3. The Labute approximate surface area is 151 Å². The molecule has 2 amide bonds. The van der Waals surface area contributed by atoms with E-state index in [1.807, 2.05) is 4.90 Å². The van der Waals surface area contributed by atoms with E-state index in [0.717, 1.165) is 12.8 Å². The molecule has 25 heavy (non-hydrogen) atoms. The molecule has 4 nitrogen and oxygen atoms in total. The molecule has 0 radical (unpaired) electrons.